The van der Waals surface area contributed by atoms with Gasteiger partial charge in [-0.25, -0.2) is 0 Å². The first-order valence-electron chi connectivity index (χ1n) is 18.0. The molecule has 0 aliphatic carbocycles. The summed E-state index contributed by atoms with van der Waals surface area (Å²) in [6.45, 7) is 4.53. The first-order chi connectivity index (χ1) is 21.2. The number of hydrogen-bond donors (Lipinski definition) is 0. The maximum atomic E-state index is 11.9. The summed E-state index contributed by atoms with van der Waals surface area (Å²) in [6.07, 6.45) is 42.2. The molecule has 0 aliphatic rings. The van der Waals surface area contributed by atoms with Crippen molar-refractivity contribution in [3.63, 3.8) is 0 Å². The topological polar surface area (TPSA) is 130 Å². The molecular formula is C36H66O7P-3. The zero-order valence-corrected chi connectivity index (χ0v) is 29.3. The van der Waals surface area contributed by atoms with E-state index in [4.69, 9.17) is 24.0 Å². The summed E-state index contributed by atoms with van der Waals surface area (Å²) in [4.78, 5) is 49.4. The number of carbonyl (C=O) groups is 2. The molecule has 0 aromatic heterocycles. The average Bonchev–Trinajstić information content (AvgIpc) is 2.96. The van der Waals surface area contributed by atoms with Gasteiger partial charge < -0.3 is 24.0 Å². The van der Waals surface area contributed by atoms with Gasteiger partial charge in [-0.05, 0) is 64.2 Å². The van der Waals surface area contributed by atoms with Crippen LogP contribution in [0, 0.1) is 0 Å². The van der Waals surface area contributed by atoms with E-state index in [-0.39, 0.29) is 11.9 Å². The molecule has 0 spiro atoms. The van der Waals surface area contributed by atoms with Crippen LogP contribution in [-0.2, 0) is 18.9 Å². The molecule has 44 heavy (non-hydrogen) atoms. The molecule has 0 N–H and O–H groups in total. The summed E-state index contributed by atoms with van der Waals surface area (Å²) in [5.74, 6) is -0.684. The third kappa shape index (κ3) is 47.7. The first-order valence-corrected chi connectivity index (χ1v) is 19.4. The number of carbonyl (C=O) groups excluding carboxylic acids is 2. The smallest absolute Gasteiger partial charge is 0.313 e. The highest BCUT2D eigenvalue weighted by Crippen LogP contribution is 2.12. The predicted octanol–water partition coefficient (Wildman–Crippen LogP) is 9.31. The Morgan fingerprint density at radius 3 is 0.955 bits per heavy atom. The van der Waals surface area contributed by atoms with Gasteiger partial charge in [-0.2, -0.15) is 7.82 Å². The van der Waals surface area contributed by atoms with Crippen LogP contribution in [0.25, 0.3) is 0 Å². The van der Waals surface area contributed by atoms with Gasteiger partial charge in [-0.1, -0.05) is 141 Å². The molecule has 0 unspecified atom stereocenters. The molecule has 7 nitrogen and oxygen atoms in total. The van der Waals surface area contributed by atoms with Crippen molar-refractivity contribution in [3.8, 4) is 0 Å². The number of rotatable bonds is 30. The van der Waals surface area contributed by atoms with Crippen molar-refractivity contribution < 1.29 is 33.6 Å². The quantitative estimate of drug-likeness (QED) is 0.0251. The summed E-state index contributed by atoms with van der Waals surface area (Å²) < 4.78 is 13.5. The van der Waals surface area contributed by atoms with E-state index in [1.54, 1.807) is 0 Å². The molecular weight excluding hydrogens is 575 g/mol. The largest absolute Gasteiger partial charge is 0.822 e. The molecule has 0 aliphatic heterocycles. The number of allylic oxidation sites excluding steroid dienone is 4. The molecule has 0 heterocycles. The zero-order chi connectivity index (χ0) is 33.0. The van der Waals surface area contributed by atoms with Crippen LogP contribution in [0.3, 0.4) is 0 Å². The molecule has 0 rings (SSSR count). The van der Waals surface area contributed by atoms with Crippen LogP contribution in [0.4, 0.5) is 0 Å². The standard InChI is InChI=1S/C36H66O3.H3O4P/c1-3-5-7-9-11-13-15-17-19-21-23-25-27-29-31-33-35(37)39-36(38)34-32-30-28-26-24-22-20-18-16-14-12-10-8-6-4-2;1-5(2,3)4/h17-20H,3-16,21-34H2,1-2H3;(H3,1,2,3,4)/p-3/b19-17-,20-18?;. The van der Waals surface area contributed by atoms with Crippen LogP contribution in [-0.4, -0.2) is 11.9 Å². The third-order valence-corrected chi connectivity index (χ3v) is 7.51. The molecule has 0 atom stereocenters. The average molecular weight is 642 g/mol. The summed E-state index contributed by atoms with van der Waals surface area (Å²) in [5, 5.41) is 0. The number of ether oxygens (including phenoxy) is 1. The zero-order valence-electron chi connectivity index (χ0n) is 28.4. The Morgan fingerprint density at radius 1 is 0.455 bits per heavy atom. The number of esters is 2. The molecule has 0 radical (unpaired) electrons. The molecule has 0 saturated heterocycles. The Labute approximate surface area is 271 Å². The molecule has 0 saturated carbocycles. The number of hydrogen-bond acceptors (Lipinski definition) is 7. The molecule has 0 amide bonds. The molecule has 0 fully saturated rings. The maximum absolute atomic E-state index is 11.9. The van der Waals surface area contributed by atoms with E-state index in [2.05, 4.69) is 38.2 Å². The number of unbranched alkanes of at least 4 members (excludes halogenated alkanes) is 22. The van der Waals surface area contributed by atoms with Gasteiger partial charge in [-0.15, -0.1) is 0 Å². The lowest BCUT2D eigenvalue weighted by Gasteiger charge is -2.36. The molecule has 0 aromatic rings. The Hall–Kier alpha value is -1.27. The lowest BCUT2D eigenvalue weighted by Crippen LogP contribution is -2.24. The summed E-state index contributed by atoms with van der Waals surface area (Å²) >= 11 is 0. The van der Waals surface area contributed by atoms with Crippen molar-refractivity contribution in [3.05, 3.63) is 24.3 Å². The predicted molar refractivity (Wildman–Crippen MR) is 178 cm³/mol. The maximum Gasteiger partial charge on any atom is 0.313 e. The third-order valence-electron chi connectivity index (χ3n) is 7.51. The van der Waals surface area contributed by atoms with E-state index in [0.29, 0.717) is 12.8 Å². The van der Waals surface area contributed by atoms with Crippen LogP contribution in [0.1, 0.15) is 194 Å². The van der Waals surface area contributed by atoms with Crippen molar-refractivity contribution in [1.82, 2.24) is 0 Å². The van der Waals surface area contributed by atoms with Crippen molar-refractivity contribution in [2.75, 3.05) is 0 Å². The van der Waals surface area contributed by atoms with Gasteiger partial charge in [0.2, 0.25) is 0 Å². The summed E-state index contributed by atoms with van der Waals surface area (Å²) in [6, 6.07) is 0. The summed E-state index contributed by atoms with van der Waals surface area (Å²) in [7, 11) is -5.39. The van der Waals surface area contributed by atoms with Crippen molar-refractivity contribution in [2.45, 2.75) is 194 Å². The van der Waals surface area contributed by atoms with Crippen LogP contribution >= 0.6 is 7.82 Å². The van der Waals surface area contributed by atoms with Gasteiger partial charge >= 0.3 is 11.9 Å². The SMILES string of the molecule is CCCCCCCCC=CCCCCCCCC(=O)OC(=O)CCCCCCC/C=C\CCCCCCCC.O=P([O-])([O-])[O-]. The fraction of sp³-hybridized carbons (Fsp3) is 0.833. The van der Waals surface area contributed by atoms with Gasteiger partial charge in [-0.3, -0.25) is 9.59 Å². The second-order valence-corrected chi connectivity index (χ2v) is 12.9. The van der Waals surface area contributed by atoms with Gasteiger partial charge in [0.15, 0.2) is 0 Å². The van der Waals surface area contributed by atoms with Gasteiger partial charge in [0.25, 0.3) is 0 Å². The van der Waals surface area contributed by atoms with Crippen molar-refractivity contribution in [1.29, 1.82) is 0 Å². The second-order valence-electron chi connectivity index (χ2n) is 12.0. The second kappa shape index (κ2) is 36.2. The van der Waals surface area contributed by atoms with Crippen LogP contribution in [0.2, 0.25) is 0 Å². The van der Waals surface area contributed by atoms with E-state index >= 15 is 0 Å². The minimum atomic E-state index is -5.39. The van der Waals surface area contributed by atoms with Crippen molar-refractivity contribution in [2.24, 2.45) is 0 Å². The van der Waals surface area contributed by atoms with Crippen LogP contribution in [0.15, 0.2) is 24.3 Å². The Balaban J connectivity index is 0. The Kier molecular flexibility index (Phi) is 36.9. The van der Waals surface area contributed by atoms with E-state index in [0.717, 1.165) is 38.5 Å². The molecule has 8 heteroatoms. The monoisotopic (exact) mass is 641 g/mol. The van der Waals surface area contributed by atoms with E-state index in [9.17, 15) is 9.59 Å². The minimum Gasteiger partial charge on any atom is -0.822 e. The lowest BCUT2D eigenvalue weighted by atomic mass is 10.1. The van der Waals surface area contributed by atoms with E-state index < -0.39 is 7.82 Å². The molecule has 0 aromatic carbocycles. The lowest BCUT2D eigenvalue weighted by molar-refractivity contribution is -0.432. The molecule has 260 valence electrons. The molecule has 0 bridgehead atoms. The highest BCUT2D eigenvalue weighted by Gasteiger charge is 2.09. The number of phosphoric acid groups is 1. The van der Waals surface area contributed by atoms with E-state index in [1.807, 2.05) is 0 Å². The van der Waals surface area contributed by atoms with Gasteiger partial charge in [0.1, 0.15) is 0 Å². The minimum absolute atomic E-state index is 0.342. The van der Waals surface area contributed by atoms with Gasteiger partial charge in [0.05, 0.1) is 0 Å². The van der Waals surface area contributed by atoms with Crippen LogP contribution < -0.4 is 14.7 Å². The first kappa shape index (κ1) is 44.9. The van der Waals surface area contributed by atoms with Crippen LogP contribution in [0.5, 0.6) is 0 Å². The van der Waals surface area contributed by atoms with Gasteiger partial charge in [0, 0.05) is 12.8 Å². The van der Waals surface area contributed by atoms with E-state index in [1.165, 1.54) is 128 Å². The van der Waals surface area contributed by atoms with Crippen molar-refractivity contribution >= 4 is 19.8 Å². The highest BCUT2D eigenvalue weighted by molar-refractivity contribution is 7.40. The normalized spacial score (nSPS) is 11.7. The Morgan fingerprint density at radius 2 is 0.682 bits per heavy atom. The fourth-order valence-corrected chi connectivity index (χ4v) is 4.91. The Bertz CT molecular complexity index is 672. The highest BCUT2D eigenvalue weighted by atomic mass is 31.2. The fourth-order valence-electron chi connectivity index (χ4n) is 4.91. The summed E-state index contributed by atoms with van der Waals surface area (Å²) in [5.41, 5.74) is 0.